The number of piperazine rings is 1. The van der Waals surface area contributed by atoms with Crippen molar-refractivity contribution in [3.63, 3.8) is 0 Å². The third kappa shape index (κ3) is 3.14. The van der Waals surface area contributed by atoms with Crippen molar-refractivity contribution in [2.45, 2.75) is 46.1 Å². The molecule has 4 nitrogen and oxygen atoms in total. The van der Waals surface area contributed by atoms with Crippen LogP contribution in [0, 0.1) is 11.3 Å². The molecule has 0 aromatic rings. The van der Waals surface area contributed by atoms with Crippen molar-refractivity contribution >= 4 is 23.1 Å². The topological polar surface area (TPSA) is 49.6 Å². The molecule has 1 aliphatic heterocycles. The largest absolute Gasteiger partial charge is 0.392 e. The van der Waals surface area contributed by atoms with Crippen LogP contribution in [0.15, 0.2) is 0 Å². The lowest BCUT2D eigenvalue weighted by Gasteiger charge is -2.40. The van der Waals surface area contributed by atoms with E-state index >= 15 is 0 Å². The summed E-state index contributed by atoms with van der Waals surface area (Å²) in [6.45, 7) is 9.85. The lowest BCUT2D eigenvalue weighted by Crippen LogP contribution is -2.55. The minimum Gasteiger partial charge on any atom is -0.392 e. The summed E-state index contributed by atoms with van der Waals surface area (Å²) in [5, 5.41) is 0. The Kier molecular flexibility index (Phi) is 4.69. The SMILES string of the molecule is CC(C(N)=S)N1CCN(C(=O)C2CCCC2(C)C)CC1. The molecule has 2 unspecified atom stereocenters. The van der Waals surface area contributed by atoms with Crippen molar-refractivity contribution in [3.05, 3.63) is 0 Å². The quantitative estimate of drug-likeness (QED) is 0.805. The van der Waals surface area contributed by atoms with Gasteiger partial charge in [-0.15, -0.1) is 0 Å². The first kappa shape index (κ1) is 15.7. The maximum Gasteiger partial charge on any atom is 0.226 e. The molecule has 0 bridgehead atoms. The van der Waals surface area contributed by atoms with E-state index in [2.05, 4.69) is 18.7 Å². The minimum atomic E-state index is 0.130. The summed E-state index contributed by atoms with van der Waals surface area (Å²) in [5.74, 6) is 0.567. The normalized spacial score (nSPS) is 28.4. The standard InChI is InChI=1S/C15H27N3OS/c1-11(13(16)20)17-7-9-18(10-8-17)14(19)12-5-4-6-15(12,2)3/h11-12H,4-10H2,1-3H3,(H2,16,20). The number of thiocarbonyl (C=S) groups is 1. The lowest BCUT2D eigenvalue weighted by molar-refractivity contribution is -0.140. The van der Waals surface area contributed by atoms with Gasteiger partial charge in [-0.1, -0.05) is 32.5 Å². The number of carbonyl (C=O) groups is 1. The average Bonchev–Trinajstić information content (AvgIpc) is 2.76. The van der Waals surface area contributed by atoms with Crippen molar-refractivity contribution in [1.29, 1.82) is 0 Å². The monoisotopic (exact) mass is 297 g/mol. The van der Waals surface area contributed by atoms with E-state index in [0.717, 1.165) is 32.6 Å². The highest BCUT2D eigenvalue weighted by Gasteiger charge is 2.41. The second-order valence-corrected chi connectivity index (χ2v) is 7.34. The average molecular weight is 297 g/mol. The highest BCUT2D eigenvalue weighted by atomic mass is 32.1. The van der Waals surface area contributed by atoms with E-state index in [-0.39, 0.29) is 17.4 Å². The fourth-order valence-electron chi connectivity index (χ4n) is 3.51. The summed E-state index contributed by atoms with van der Waals surface area (Å²) in [7, 11) is 0. The number of nitrogens with zero attached hydrogens (tertiary/aromatic N) is 2. The first-order valence-corrected chi connectivity index (χ1v) is 8.06. The van der Waals surface area contributed by atoms with Gasteiger partial charge in [-0.25, -0.2) is 0 Å². The van der Waals surface area contributed by atoms with Crippen LogP contribution in [0.25, 0.3) is 0 Å². The van der Waals surface area contributed by atoms with Crippen LogP contribution in [0.4, 0.5) is 0 Å². The molecule has 5 heteroatoms. The highest BCUT2D eigenvalue weighted by Crippen LogP contribution is 2.43. The molecule has 1 saturated carbocycles. The van der Waals surface area contributed by atoms with Crippen LogP contribution in [-0.4, -0.2) is 52.9 Å². The van der Waals surface area contributed by atoms with E-state index in [0.29, 0.717) is 10.9 Å². The van der Waals surface area contributed by atoms with Crippen LogP contribution in [0.3, 0.4) is 0 Å². The van der Waals surface area contributed by atoms with Crippen LogP contribution in [0.1, 0.15) is 40.0 Å². The van der Waals surface area contributed by atoms with E-state index in [1.54, 1.807) is 0 Å². The van der Waals surface area contributed by atoms with Gasteiger partial charge in [-0.3, -0.25) is 9.69 Å². The summed E-state index contributed by atoms with van der Waals surface area (Å²) >= 11 is 5.05. The summed E-state index contributed by atoms with van der Waals surface area (Å²) in [5.41, 5.74) is 5.87. The third-order valence-electron chi connectivity index (χ3n) is 5.14. The van der Waals surface area contributed by atoms with E-state index < -0.39 is 0 Å². The Bertz CT molecular complexity index is 389. The number of rotatable bonds is 3. The molecular formula is C15H27N3OS. The van der Waals surface area contributed by atoms with Gasteiger partial charge in [0, 0.05) is 32.1 Å². The summed E-state index contributed by atoms with van der Waals surface area (Å²) in [6, 6.07) is 0.130. The van der Waals surface area contributed by atoms with Gasteiger partial charge in [-0.2, -0.15) is 0 Å². The van der Waals surface area contributed by atoms with Crippen LogP contribution in [0.2, 0.25) is 0 Å². The predicted molar refractivity (Wildman–Crippen MR) is 85.5 cm³/mol. The molecule has 1 amide bonds. The zero-order valence-corrected chi connectivity index (χ0v) is 13.7. The second-order valence-electron chi connectivity index (χ2n) is 6.87. The Balaban J connectivity index is 1.91. The first-order valence-electron chi connectivity index (χ1n) is 7.65. The smallest absolute Gasteiger partial charge is 0.226 e. The predicted octanol–water partition coefficient (Wildman–Crippen LogP) is 1.63. The molecular weight excluding hydrogens is 270 g/mol. The fourth-order valence-corrected chi connectivity index (χ4v) is 3.66. The molecule has 2 N–H and O–H groups in total. The van der Waals surface area contributed by atoms with Gasteiger partial charge in [0.2, 0.25) is 5.91 Å². The van der Waals surface area contributed by atoms with Gasteiger partial charge in [0.05, 0.1) is 11.0 Å². The highest BCUT2D eigenvalue weighted by molar-refractivity contribution is 7.80. The summed E-state index contributed by atoms with van der Waals surface area (Å²) < 4.78 is 0. The Hall–Kier alpha value is -0.680. The molecule has 2 atom stereocenters. The van der Waals surface area contributed by atoms with Gasteiger partial charge in [-0.05, 0) is 25.2 Å². The molecule has 0 radical (unpaired) electrons. The molecule has 20 heavy (non-hydrogen) atoms. The molecule has 2 aliphatic rings. The number of carbonyl (C=O) groups excluding carboxylic acids is 1. The molecule has 114 valence electrons. The molecule has 1 heterocycles. The molecule has 0 spiro atoms. The fraction of sp³-hybridized carbons (Fsp3) is 0.867. The second kappa shape index (κ2) is 5.98. The maximum absolute atomic E-state index is 12.7. The van der Waals surface area contributed by atoms with Crippen molar-refractivity contribution in [1.82, 2.24) is 9.80 Å². The molecule has 1 aliphatic carbocycles. The summed E-state index contributed by atoms with van der Waals surface area (Å²) in [4.78, 5) is 17.5. The molecule has 0 aromatic heterocycles. The zero-order chi connectivity index (χ0) is 14.9. The molecule has 2 fully saturated rings. The van der Waals surface area contributed by atoms with E-state index in [1.807, 2.05) is 11.8 Å². The van der Waals surface area contributed by atoms with Crippen LogP contribution >= 0.6 is 12.2 Å². The Morgan fingerprint density at radius 1 is 1.30 bits per heavy atom. The Labute approximate surface area is 127 Å². The van der Waals surface area contributed by atoms with Gasteiger partial charge in [0.15, 0.2) is 0 Å². The lowest BCUT2D eigenvalue weighted by atomic mass is 9.81. The van der Waals surface area contributed by atoms with Crippen molar-refractivity contribution in [3.8, 4) is 0 Å². The van der Waals surface area contributed by atoms with E-state index in [9.17, 15) is 4.79 Å². The minimum absolute atomic E-state index is 0.130. The van der Waals surface area contributed by atoms with Crippen LogP contribution in [-0.2, 0) is 4.79 Å². The Morgan fingerprint density at radius 3 is 2.35 bits per heavy atom. The zero-order valence-electron chi connectivity index (χ0n) is 12.9. The first-order chi connectivity index (χ1) is 9.33. The number of nitrogens with two attached hydrogens (primary N) is 1. The maximum atomic E-state index is 12.7. The number of hydrogen-bond donors (Lipinski definition) is 1. The van der Waals surface area contributed by atoms with Gasteiger partial charge in [0.25, 0.3) is 0 Å². The van der Waals surface area contributed by atoms with Crippen molar-refractivity contribution in [2.75, 3.05) is 26.2 Å². The van der Waals surface area contributed by atoms with Crippen molar-refractivity contribution in [2.24, 2.45) is 17.1 Å². The third-order valence-corrected chi connectivity index (χ3v) is 5.48. The molecule has 0 aromatic carbocycles. The number of hydrogen-bond acceptors (Lipinski definition) is 3. The van der Waals surface area contributed by atoms with E-state index in [1.165, 1.54) is 12.8 Å². The van der Waals surface area contributed by atoms with Gasteiger partial charge >= 0.3 is 0 Å². The van der Waals surface area contributed by atoms with E-state index in [4.69, 9.17) is 18.0 Å². The number of amides is 1. The van der Waals surface area contributed by atoms with Gasteiger partial charge in [0.1, 0.15) is 0 Å². The summed E-state index contributed by atoms with van der Waals surface area (Å²) in [6.07, 6.45) is 3.40. The van der Waals surface area contributed by atoms with Crippen LogP contribution in [0.5, 0.6) is 0 Å². The van der Waals surface area contributed by atoms with Gasteiger partial charge < -0.3 is 10.6 Å². The van der Waals surface area contributed by atoms with Crippen molar-refractivity contribution < 1.29 is 4.79 Å². The molecule has 2 rings (SSSR count). The van der Waals surface area contributed by atoms with Crippen LogP contribution < -0.4 is 5.73 Å². The Morgan fingerprint density at radius 2 is 1.90 bits per heavy atom. The molecule has 1 saturated heterocycles.